The second-order valence-electron chi connectivity index (χ2n) is 4.58. The van der Waals surface area contributed by atoms with Gasteiger partial charge in [-0.25, -0.2) is 0 Å². The molecule has 2 heterocycles. The molecule has 5 atom stereocenters. The fraction of sp³-hybridized carbons (Fsp3) is 0.538. The summed E-state index contributed by atoms with van der Waals surface area (Å²) in [4.78, 5) is 0. The Morgan fingerprint density at radius 2 is 1.89 bits per heavy atom. The maximum absolute atomic E-state index is 9.72. The van der Waals surface area contributed by atoms with E-state index in [1.807, 2.05) is 30.3 Å². The Morgan fingerprint density at radius 1 is 1.11 bits per heavy atom. The zero-order chi connectivity index (χ0) is 12.5. The van der Waals surface area contributed by atoms with Gasteiger partial charge < -0.3 is 24.4 Å². The molecule has 0 amide bonds. The quantitative estimate of drug-likeness (QED) is 0.741. The van der Waals surface area contributed by atoms with Crippen molar-refractivity contribution >= 4 is 0 Å². The van der Waals surface area contributed by atoms with Gasteiger partial charge in [-0.05, 0) is 5.56 Å². The van der Waals surface area contributed by atoms with Gasteiger partial charge in [0.1, 0.15) is 24.4 Å². The van der Waals surface area contributed by atoms with Gasteiger partial charge >= 0.3 is 0 Å². The molecule has 2 N–H and O–H groups in total. The van der Waals surface area contributed by atoms with E-state index in [4.69, 9.17) is 19.3 Å². The summed E-state index contributed by atoms with van der Waals surface area (Å²) in [5.41, 5.74) is 1.05. The number of hydrogen-bond acceptors (Lipinski definition) is 5. The minimum absolute atomic E-state index is 0.216. The molecule has 2 saturated heterocycles. The number of aliphatic hydroxyl groups is 2. The van der Waals surface area contributed by atoms with Gasteiger partial charge in [0.05, 0.1) is 13.2 Å². The van der Waals surface area contributed by atoms with Gasteiger partial charge in [0.2, 0.25) is 0 Å². The van der Waals surface area contributed by atoms with Crippen LogP contribution >= 0.6 is 0 Å². The molecule has 0 saturated carbocycles. The Balaban J connectivity index is 1.57. The van der Waals surface area contributed by atoms with Gasteiger partial charge in [-0.1, -0.05) is 30.3 Å². The Labute approximate surface area is 105 Å². The Hall–Kier alpha value is -0.980. The number of fused-ring (bicyclic) bond motifs is 1. The molecular weight excluding hydrogens is 236 g/mol. The van der Waals surface area contributed by atoms with Crippen LogP contribution in [0.1, 0.15) is 5.56 Å². The Bertz CT molecular complexity index is 396. The van der Waals surface area contributed by atoms with E-state index >= 15 is 0 Å². The summed E-state index contributed by atoms with van der Waals surface area (Å²) >= 11 is 0. The third-order valence-corrected chi connectivity index (χ3v) is 3.29. The summed E-state index contributed by atoms with van der Waals surface area (Å²) in [5.74, 6) is 0. The van der Waals surface area contributed by atoms with Crippen LogP contribution in [0.2, 0.25) is 0 Å². The zero-order valence-corrected chi connectivity index (χ0v) is 9.81. The van der Waals surface area contributed by atoms with Gasteiger partial charge in [0, 0.05) is 0 Å². The van der Waals surface area contributed by atoms with E-state index in [0.717, 1.165) is 5.56 Å². The number of benzene rings is 1. The minimum atomic E-state index is -0.767. The van der Waals surface area contributed by atoms with E-state index in [9.17, 15) is 5.11 Å². The van der Waals surface area contributed by atoms with Crippen molar-refractivity contribution in [2.24, 2.45) is 0 Å². The van der Waals surface area contributed by atoms with E-state index in [-0.39, 0.29) is 18.8 Å². The van der Waals surface area contributed by atoms with E-state index in [0.29, 0.717) is 6.61 Å². The number of epoxide rings is 1. The van der Waals surface area contributed by atoms with Crippen LogP contribution in [0, 0.1) is 0 Å². The van der Waals surface area contributed by atoms with Crippen molar-refractivity contribution in [3.8, 4) is 0 Å². The molecule has 1 aromatic rings. The second kappa shape index (κ2) is 4.95. The fourth-order valence-electron chi connectivity index (χ4n) is 2.21. The Morgan fingerprint density at radius 3 is 2.61 bits per heavy atom. The highest BCUT2D eigenvalue weighted by Crippen LogP contribution is 2.38. The lowest BCUT2D eigenvalue weighted by Gasteiger charge is -2.29. The first-order valence-electron chi connectivity index (χ1n) is 6.05. The van der Waals surface area contributed by atoms with Gasteiger partial charge in [-0.2, -0.15) is 0 Å². The van der Waals surface area contributed by atoms with Crippen molar-refractivity contribution in [2.75, 3.05) is 6.61 Å². The summed E-state index contributed by atoms with van der Waals surface area (Å²) < 4.78 is 16.4. The first-order chi connectivity index (χ1) is 8.79. The summed E-state index contributed by atoms with van der Waals surface area (Å²) in [6.07, 6.45) is -2.40. The summed E-state index contributed by atoms with van der Waals surface area (Å²) in [6.45, 7) is 0.186. The molecule has 0 aromatic heterocycles. The maximum Gasteiger partial charge on any atom is 0.187 e. The van der Waals surface area contributed by atoms with Crippen LogP contribution in [0.15, 0.2) is 30.3 Å². The van der Waals surface area contributed by atoms with Crippen LogP contribution in [0.3, 0.4) is 0 Å². The standard InChI is InChI=1S/C13H16O5/c14-6-9-10(15)11-12(18-11)13(17-9)16-7-8-4-2-1-3-5-8/h1-5,9-15H,6-7H2/t9-,10-,11-,12-,13+/m1/s1. The molecular formula is C13H16O5. The summed E-state index contributed by atoms with van der Waals surface area (Å²) in [5, 5.41) is 18.8. The molecule has 0 bridgehead atoms. The Kier molecular flexibility index (Phi) is 3.32. The molecule has 3 rings (SSSR count). The first-order valence-corrected chi connectivity index (χ1v) is 6.05. The van der Waals surface area contributed by atoms with Crippen molar-refractivity contribution in [2.45, 2.75) is 37.3 Å². The lowest BCUT2D eigenvalue weighted by molar-refractivity contribution is -0.222. The van der Waals surface area contributed by atoms with Gasteiger partial charge in [-0.15, -0.1) is 0 Å². The van der Waals surface area contributed by atoms with Crippen molar-refractivity contribution in [1.29, 1.82) is 0 Å². The topological polar surface area (TPSA) is 71.5 Å². The molecule has 2 aliphatic rings. The predicted molar refractivity (Wildman–Crippen MR) is 61.6 cm³/mol. The molecule has 0 unspecified atom stereocenters. The van der Waals surface area contributed by atoms with Crippen molar-refractivity contribution < 1.29 is 24.4 Å². The second-order valence-corrected chi connectivity index (χ2v) is 4.58. The number of aliphatic hydroxyl groups excluding tert-OH is 2. The van der Waals surface area contributed by atoms with Crippen LogP contribution in [0.4, 0.5) is 0 Å². The van der Waals surface area contributed by atoms with E-state index < -0.39 is 18.5 Å². The highest BCUT2D eigenvalue weighted by Gasteiger charge is 2.57. The van der Waals surface area contributed by atoms with Gasteiger partial charge in [0.15, 0.2) is 6.29 Å². The smallest absolute Gasteiger partial charge is 0.187 e. The number of ether oxygens (including phenoxy) is 3. The molecule has 0 aliphatic carbocycles. The van der Waals surface area contributed by atoms with E-state index in [1.165, 1.54) is 0 Å². The number of hydrogen-bond donors (Lipinski definition) is 2. The predicted octanol–water partition coefficient (Wildman–Crippen LogP) is 0.0487. The molecule has 98 valence electrons. The van der Waals surface area contributed by atoms with Crippen LogP contribution in [0.5, 0.6) is 0 Å². The van der Waals surface area contributed by atoms with Gasteiger partial charge in [-0.3, -0.25) is 0 Å². The monoisotopic (exact) mass is 252 g/mol. The molecule has 18 heavy (non-hydrogen) atoms. The van der Waals surface area contributed by atoms with Gasteiger partial charge in [0.25, 0.3) is 0 Å². The molecule has 2 aliphatic heterocycles. The van der Waals surface area contributed by atoms with Crippen LogP contribution in [-0.2, 0) is 20.8 Å². The lowest BCUT2D eigenvalue weighted by atomic mass is 10.1. The average Bonchev–Trinajstić information content (AvgIpc) is 3.20. The molecule has 5 heteroatoms. The van der Waals surface area contributed by atoms with Crippen LogP contribution < -0.4 is 0 Å². The van der Waals surface area contributed by atoms with Crippen molar-refractivity contribution in [1.82, 2.24) is 0 Å². The average molecular weight is 252 g/mol. The fourth-order valence-corrected chi connectivity index (χ4v) is 2.21. The lowest BCUT2D eigenvalue weighted by Crippen LogP contribution is -2.47. The normalized spacial score (nSPS) is 38.2. The van der Waals surface area contributed by atoms with E-state index in [1.54, 1.807) is 0 Å². The maximum atomic E-state index is 9.72. The third-order valence-electron chi connectivity index (χ3n) is 3.29. The largest absolute Gasteiger partial charge is 0.394 e. The van der Waals surface area contributed by atoms with Crippen LogP contribution in [-0.4, -0.2) is 47.5 Å². The highest BCUT2D eigenvalue weighted by atomic mass is 16.7. The molecule has 0 radical (unpaired) electrons. The van der Waals surface area contributed by atoms with Crippen LogP contribution in [0.25, 0.3) is 0 Å². The van der Waals surface area contributed by atoms with Crippen molar-refractivity contribution in [3.05, 3.63) is 35.9 Å². The molecule has 5 nitrogen and oxygen atoms in total. The molecule has 1 aromatic carbocycles. The third kappa shape index (κ3) is 2.28. The summed E-state index contributed by atoms with van der Waals surface area (Å²) in [7, 11) is 0. The SMILES string of the molecule is OC[C@H]1O[C@H](OCc2ccccc2)[C@@H]2O[C@@H]2[C@@H]1O. The molecule has 2 fully saturated rings. The highest BCUT2D eigenvalue weighted by molar-refractivity contribution is 5.13. The van der Waals surface area contributed by atoms with E-state index in [2.05, 4.69) is 0 Å². The molecule has 0 spiro atoms. The zero-order valence-electron chi connectivity index (χ0n) is 9.81. The summed E-state index contributed by atoms with van der Waals surface area (Å²) in [6, 6.07) is 9.76. The number of rotatable bonds is 4. The van der Waals surface area contributed by atoms with Crippen molar-refractivity contribution in [3.63, 3.8) is 0 Å². The first kappa shape index (κ1) is 12.1. The minimum Gasteiger partial charge on any atom is -0.394 e.